The van der Waals surface area contributed by atoms with Crippen molar-refractivity contribution in [2.75, 3.05) is 13.7 Å². The molecule has 0 fully saturated rings. The number of carbonyl (C=O) groups is 1. The average molecular weight is 445 g/mol. The molecule has 0 radical (unpaired) electrons. The van der Waals surface area contributed by atoms with Gasteiger partial charge in [0.05, 0.1) is 31.4 Å². The van der Waals surface area contributed by atoms with Crippen molar-refractivity contribution in [1.29, 1.82) is 0 Å². The van der Waals surface area contributed by atoms with Crippen molar-refractivity contribution in [2.24, 2.45) is 5.10 Å². The zero-order valence-corrected chi connectivity index (χ0v) is 19.3. The van der Waals surface area contributed by atoms with Gasteiger partial charge in [-0.2, -0.15) is 5.10 Å². The zero-order valence-electron chi connectivity index (χ0n) is 18.5. The summed E-state index contributed by atoms with van der Waals surface area (Å²) in [7, 11) is 1.61. The Balaban J connectivity index is 1.70. The average Bonchev–Trinajstić information content (AvgIpc) is 2.77. The molecule has 0 saturated heterocycles. The number of rotatable bonds is 14. The highest BCUT2D eigenvalue weighted by Crippen LogP contribution is 2.25. The quantitative estimate of drug-likeness (QED) is 0.215. The summed E-state index contributed by atoms with van der Waals surface area (Å²) in [6.45, 7) is 2.90. The normalized spacial score (nSPS) is 10.9. The Hall–Kier alpha value is -2.53. The van der Waals surface area contributed by atoms with Crippen LogP contribution < -0.4 is 14.9 Å². The van der Waals surface area contributed by atoms with Crippen molar-refractivity contribution in [2.45, 2.75) is 58.3 Å². The molecule has 1 amide bonds. The molecule has 0 heterocycles. The summed E-state index contributed by atoms with van der Waals surface area (Å²) in [6, 6.07) is 12.8. The molecule has 0 aliphatic carbocycles. The van der Waals surface area contributed by atoms with Gasteiger partial charge in [0.15, 0.2) is 0 Å². The first-order chi connectivity index (χ1) is 15.1. The predicted octanol–water partition coefficient (Wildman–Crippen LogP) is 6.17. The number of ether oxygens (including phenoxy) is 2. The Kier molecular flexibility index (Phi) is 11.5. The van der Waals surface area contributed by atoms with E-state index in [9.17, 15) is 4.79 Å². The number of hydrogen-bond acceptors (Lipinski definition) is 4. The number of carbonyl (C=O) groups excluding carboxylic acids is 1. The van der Waals surface area contributed by atoms with Crippen LogP contribution in [-0.2, 0) is 11.2 Å². The molecule has 31 heavy (non-hydrogen) atoms. The van der Waals surface area contributed by atoms with Crippen molar-refractivity contribution in [3.63, 3.8) is 0 Å². The molecule has 0 aromatic heterocycles. The third-order valence-electron chi connectivity index (χ3n) is 4.89. The highest BCUT2D eigenvalue weighted by molar-refractivity contribution is 6.32. The molecule has 0 unspecified atom stereocenters. The van der Waals surface area contributed by atoms with E-state index in [1.54, 1.807) is 19.4 Å². The van der Waals surface area contributed by atoms with Gasteiger partial charge in [-0.15, -0.1) is 0 Å². The maximum atomic E-state index is 12.0. The Morgan fingerprint density at radius 1 is 1.03 bits per heavy atom. The SMILES string of the molecule is CCCCCCCCCOc1ccc(/C=N\NC(=O)Cc2ccc(OC)cc2)cc1Cl. The highest BCUT2D eigenvalue weighted by atomic mass is 35.5. The maximum Gasteiger partial charge on any atom is 0.244 e. The number of methoxy groups -OCH3 is 1. The number of benzene rings is 2. The van der Waals surface area contributed by atoms with Crippen LogP contribution in [0, 0.1) is 0 Å². The summed E-state index contributed by atoms with van der Waals surface area (Å²) < 4.78 is 10.9. The van der Waals surface area contributed by atoms with Gasteiger partial charge in [0, 0.05) is 0 Å². The van der Waals surface area contributed by atoms with E-state index in [2.05, 4.69) is 17.5 Å². The van der Waals surface area contributed by atoms with Crippen LogP contribution in [0.1, 0.15) is 63.0 Å². The Morgan fingerprint density at radius 3 is 2.42 bits per heavy atom. The van der Waals surface area contributed by atoms with Crippen LogP contribution in [-0.4, -0.2) is 25.8 Å². The molecule has 168 valence electrons. The summed E-state index contributed by atoms with van der Waals surface area (Å²) >= 11 is 6.32. The second-order valence-corrected chi connectivity index (χ2v) is 7.88. The third kappa shape index (κ3) is 9.88. The summed E-state index contributed by atoms with van der Waals surface area (Å²) in [5.41, 5.74) is 4.21. The molecular weight excluding hydrogens is 412 g/mol. The second-order valence-electron chi connectivity index (χ2n) is 7.48. The third-order valence-corrected chi connectivity index (χ3v) is 5.18. The minimum Gasteiger partial charge on any atom is -0.497 e. The summed E-state index contributed by atoms with van der Waals surface area (Å²) in [4.78, 5) is 12.0. The summed E-state index contributed by atoms with van der Waals surface area (Å²) in [5.74, 6) is 1.24. The maximum absolute atomic E-state index is 12.0. The fourth-order valence-corrected chi connectivity index (χ4v) is 3.35. The van der Waals surface area contributed by atoms with E-state index in [1.165, 1.54) is 38.5 Å². The van der Waals surface area contributed by atoms with Crippen molar-refractivity contribution in [3.05, 3.63) is 58.6 Å². The first-order valence-corrected chi connectivity index (χ1v) is 11.4. The summed E-state index contributed by atoms with van der Waals surface area (Å²) in [5, 5.41) is 4.55. The van der Waals surface area contributed by atoms with Crippen molar-refractivity contribution in [1.82, 2.24) is 5.43 Å². The number of amides is 1. The lowest BCUT2D eigenvalue weighted by Gasteiger charge is -2.08. The Labute approximate surface area is 190 Å². The Morgan fingerprint density at radius 2 is 1.74 bits per heavy atom. The minimum atomic E-state index is -0.192. The van der Waals surface area contributed by atoms with Crippen molar-refractivity contribution < 1.29 is 14.3 Å². The smallest absolute Gasteiger partial charge is 0.244 e. The van der Waals surface area contributed by atoms with Crippen LogP contribution in [0.2, 0.25) is 5.02 Å². The van der Waals surface area contributed by atoms with Gasteiger partial charge in [0.2, 0.25) is 5.91 Å². The monoisotopic (exact) mass is 444 g/mol. The van der Waals surface area contributed by atoms with E-state index < -0.39 is 0 Å². The lowest BCUT2D eigenvalue weighted by molar-refractivity contribution is -0.120. The molecule has 0 aliphatic rings. The van der Waals surface area contributed by atoms with Crippen LogP contribution in [0.25, 0.3) is 0 Å². The first kappa shape index (κ1) is 24.7. The molecule has 0 saturated carbocycles. The van der Waals surface area contributed by atoms with E-state index in [0.29, 0.717) is 17.4 Å². The second kappa shape index (κ2) is 14.5. The van der Waals surface area contributed by atoms with E-state index in [1.807, 2.05) is 36.4 Å². The molecule has 2 aromatic rings. The molecule has 2 aromatic carbocycles. The van der Waals surface area contributed by atoms with Crippen LogP contribution >= 0.6 is 11.6 Å². The fraction of sp³-hybridized carbons (Fsp3) is 0.440. The molecule has 0 spiro atoms. The van der Waals surface area contributed by atoms with Crippen LogP contribution in [0.15, 0.2) is 47.6 Å². The van der Waals surface area contributed by atoms with E-state index in [0.717, 1.165) is 23.3 Å². The molecule has 5 nitrogen and oxygen atoms in total. The number of nitrogens with zero attached hydrogens (tertiary/aromatic N) is 1. The van der Waals surface area contributed by atoms with Gasteiger partial charge in [-0.05, 0) is 47.9 Å². The minimum absolute atomic E-state index is 0.192. The first-order valence-electron chi connectivity index (χ1n) is 11.0. The number of unbranched alkanes of at least 4 members (excludes halogenated alkanes) is 6. The van der Waals surface area contributed by atoms with Crippen molar-refractivity contribution in [3.8, 4) is 11.5 Å². The molecular formula is C25H33ClN2O3. The van der Waals surface area contributed by atoms with Crippen LogP contribution in [0.5, 0.6) is 11.5 Å². The van der Waals surface area contributed by atoms with E-state index >= 15 is 0 Å². The van der Waals surface area contributed by atoms with Gasteiger partial charge in [-0.1, -0.05) is 69.2 Å². The van der Waals surface area contributed by atoms with Crippen LogP contribution in [0.4, 0.5) is 0 Å². The van der Waals surface area contributed by atoms with Gasteiger partial charge in [-0.3, -0.25) is 4.79 Å². The van der Waals surface area contributed by atoms with Gasteiger partial charge in [0.25, 0.3) is 0 Å². The van der Waals surface area contributed by atoms with Gasteiger partial charge >= 0.3 is 0 Å². The highest BCUT2D eigenvalue weighted by Gasteiger charge is 2.04. The molecule has 0 aliphatic heterocycles. The Bertz CT molecular complexity index is 822. The molecule has 6 heteroatoms. The van der Waals surface area contributed by atoms with Crippen LogP contribution in [0.3, 0.4) is 0 Å². The topological polar surface area (TPSA) is 59.9 Å². The van der Waals surface area contributed by atoms with E-state index in [4.69, 9.17) is 21.1 Å². The number of nitrogens with one attached hydrogen (secondary N) is 1. The van der Waals surface area contributed by atoms with Gasteiger partial charge in [-0.25, -0.2) is 5.43 Å². The number of halogens is 1. The van der Waals surface area contributed by atoms with Crippen molar-refractivity contribution >= 4 is 23.7 Å². The lowest BCUT2D eigenvalue weighted by Crippen LogP contribution is -2.19. The standard InChI is InChI=1S/C25H33ClN2O3/c1-3-4-5-6-7-8-9-16-31-24-15-12-21(17-23(24)26)19-27-28-25(29)18-20-10-13-22(30-2)14-11-20/h10-15,17,19H,3-9,16,18H2,1-2H3,(H,28,29)/b27-19-. The van der Waals surface area contributed by atoms with E-state index in [-0.39, 0.29) is 12.3 Å². The zero-order chi connectivity index (χ0) is 22.3. The van der Waals surface area contributed by atoms with Gasteiger partial charge < -0.3 is 9.47 Å². The molecule has 1 N–H and O–H groups in total. The lowest BCUT2D eigenvalue weighted by atomic mass is 10.1. The molecule has 0 bridgehead atoms. The van der Waals surface area contributed by atoms with Gasteiger partial charge in [0.1, 0.15) is 11.5 Å². The molecule has 2 rings (SSSR count). The number of hydrazone groups is 1. The fourth-order valence-electron chi connectivity index (χ4n) is 3.10. The predicted molar refractivity (Wildman–Crippen MR) is 127 cm³/mol. The number of hydrogen-bond donors (Lipinski definition) is 1. The summed E-state index contributed by atoms with van der Waals surface area (Å²) in [6.07, 6.45) is 10.5. The molecule has 0 atom stereocenters. The largest absolute Gasteiger partial charge is 0.497 e.